The molecule has 6 heteroatoms. The lowest BCUT2D eigenvalue weighted by Gasteiger charge is -2.13. The average molecular weight is 307 g/mol. The minimum atomic E-state index is 0.222. The molecule has 0 bridgehead atoms. The van der Waals surface area contributed by atoms with Crippen molar-refractivity contribution in [2.45, 2.75) is 38.1 Å². The molecule has 0 aromatic carbocycles. The molecule has 0 unspecified atom stereocenters. The van der Waals surface area contributed by atoms with Crippen molar-refractivity contribution in [3.63, 3.8) is 0 Å². The third-order valence-electron chi connectivity index (χ3n) is 4.88. The molecule has 0 aliphatic heterocycles. The molecule has 3 aromatic heterocycles. The van der Waals surface area contributed by atoms with Crippen molar-refractivity contribution in [3.8, 4) is 17.3 Å². The zero-order chi connectivity index (χ0) is 15.6. The number of hydrogen-bond acceptors (Lipinski definition) is 3. The van der Waals surface area contributed by atoms with Crippen LogP contribution in [0.2, 0.25) is 0 Å². The summed E-state index contributed by atoms with van der Waals surface area (Å²) in [6, 6.07) is 4.56. The minimum absolute atomic E-state index is 0.222. The summed E-state index contributed by atoms with van der Waals surface area (Å²) in [4.78, 5) is 11.8. The number of nitrogens with one attached hydrogen (secondary N) is 2. The van der Waals surface area contributed by atoms with Crippen LogP contribution in [0.15, 0.2) is 31.0 Å². The molecule has 23 heavy (non-hydrogen) atoms. The van der Waals surface area contributed by atoms with E-state index in [0.717, 1.165) is 22.3 Å². The van der Waals surface area contributed by atoms with Crippen molar-refractivity contribution in [1.82, 2.24) is 20.1 Å². The van der Waals surface area contributed by atoms with Crippen LogP contribution < -0.4 is 4.68 Å². The van der Waals surface area contributed by atoms with Crippen molar-refractivity contribution in [3.05, 3.63) is 31.0 Å². The maximum atomic E-state index is 9.19. The van der Waals surface area contributed by atoms with Crippen LogP contribution in [0.25, 0.3) is 22.3 Å². The maximum absolute atomic E-state index is 9.19. The monoisotopic (exact) mass is 307 g/mol. The van der Waals surface area contributed by atoms with Crippen LogP contribution in [0.4, 0.5) is 0 Å². The molecule has 0 amide bonds. The van der Waals surface area contributed by atoms with E-state index >= 15 is 0 Å². The number of nitrogens with zero attached hydrogens (tertiary/aromatic N) is 4. The Balaban J connectivity index is 1.70. The molecule has 1 atom stereocenters. The summed E-state index contributed by atoms with van der Waals surface area (Å²) >= 11 is 0. The predicted molar refractivity (Wildman–Crippen MR) is 85.1 cm³/mol. The smallest absolute Gasteiger partial charge is 0.205 e. The lowest BCUT2D eigenvalue weighted by molar-refractivity contribution is -0.779. The third-order valence-corrected chi connectivity index (χ3v) is 4.88. The molecule has 4 rings (SSSR count). The molecule has 3 aromatic rings. The molecular formula is C17H19N6+. The van der Waals surface area contributed by atoms with Gasteiger partial charge in [0, 0.05) is 17.5 Å². The van der Waals surface area contributed by atoms with Gasteiger partial charge in [0.2, 0.25) is 6.20 Å². The van der Waals surface area contributed by atoms with Gasteiger partial charge < -0.3 is 4.98 Å². The van der Waals surface area contributed by atoms with Gasteiger partial charge in [-0.1, -0.05) is 12.8 Å². The fourth-order valence-electron chi connectivity index (χ4n) is 3.72. The molecule has 6 nitrogen and oxygen atoms in total. The highest BCUT2D eigenvalue weighted by Gasteiger charge is 2.33. The summed E-state index contributed by atoms with van der Waals surface area (Å²) in [5, 5.41) is 13.5. The Morgan fingerprint density at radius 2 is 2.22 bits per heavy atom. The Labute approximate surface area is 134 Å². The number of hydrogen-bond donors (Lipinski definition) is 2. The predicted octanol–water partition coefficient (Wildman–Crippen LogP) is 2.89. The number of rotatable bonds is 4. The van der Waals surface area contributed by atoms with Gasteiger partial charge >= 0.3 is 0 Å². The number of aromatic nitrogens is 5. The summed E-state index contributed by atoms with van der Waals surface area (Å²) in [5.74, 6) is 0.587. The van der Waals surface area contributed by atoms with Gasteiger partial charge in [-0.05, 0) is 18.9 Å². The van der Waals surface area contributed by atoms with E-state index in [0.29, 0.717) is 12.3 Å². The Hall–Kier alpha value is -2.68. The van der Waals surface area contributed by atoms with Gasteiger partial charge in [-0.25, -0.2) is 9.97 Å². The summed E-state index contributed by atoms with van der Waals surface area (Å²) in [5.41, 5.74) is 2.78. The van der Waals surface area contributed by atoms with E-state index < -0.39 is 0 Å². The molecule has 1 aliphatic carbocycles. The van der Waals surface area contributed by atoms with Gasteiger partial charge in [-0.15, -0.1) is 4.68 Å². The standard InChI is InChI=1S/C17H18N6/c18-7-5-15(12-3-1-2-4-12)23-10-13(9-22-23)16-14-6-8-19-17(14)21-11-20-16/h6,8-12,15H,1-5H2,(H,19,20,21)/p+1/t15-/m1/s1. The first-order valence-corrected chi connectivity index (χ1v) is 8.12. The topological polar surface area (TPSA) is 85.0 Å². The number of H-pyrrole nitrogens is 2. The van der Waals surface area contributed by atoms with Gasteiger partial charge in [0.05, 0.1) is 29.9 Å². The fourth-order valence-corrected chi connectivity index (χ4v) is 3.72. The van der Waals surface area contributed by atoms with Crippen LogP contribution >= 0.6 is 0 Å². The van der Waals surface area contributed by atoms with Crippen molar-refractivity contribution in [1.29, 1.82) is 5.26 Å². The Morgan fingerprint density at radius 3 is 3.04 bits per heavy atom. The number of aromatic amines is 2. The molecule has 0 radical (unpaired) electrons. The Morgan fingerprint density at radius 1 is 1.35 bits per heavy atom. The molecule has 116 valence electrons. The van der Waals surface area contributed by atoms with Crippen molar-refractivity contribution < 1.29 is 4.68 Å². The van der Waals surface area contributed by atoms with Crippen molar-refractivity contribution in [2.24, 2.45) is 5.92 Å². The zero-order valence-electron chi connectivity index (χ0n) is 12.9. The molecule has 1 fully saturated rings. The van der Waals surface area contributed by atoms with Gasteiger partial charge in [-0.3, -0.25) is 0 Å². The molecular weight excluding hydrogens is 288 g/mol. The van der Waals surface area contributed by atoms with Crippen LogP contribution in [0.1, 0.15) is 38.1 Å². The second-order valence-electron chi connectivity index (χ2n) is 6.20. The van der Waals surface area contributed by atoms with E-state index in [1.165, 1.54) is 25.7 Å². The van der Waals surface area contributed by atoms with Crippen LogP contribution in [0.5, 0.6) is 0 Å². The highest BCUT2D eigenvalue weighted by molar-refractivity contribution is 5.89. The van der Waals surface area contributed by atoms with E-state index in [-0.39, 0.29) is 6.04 Å². The van der Waals surface area contributed by atoms with E-state index in [1.807, 2.05) is 18.5 Å². The third kappa shape index (κ3) is 2.48. The Bertz CT molecular complexity index is 849. The van der Waals surface area contributed by atoms with Crippen LogP contribution in [0.3, 0.4) is 0 Å². The lowest BCUT2D eigenvalue weighted by atomic mass is 9.96. The first-order valence-electron chi connectivity index (χ1n) is 8.12. The second kappa shape index (κ2) is 5.84. The molecule has 3 heterocycles. The maximum Gasteiger partial charge on any atom is 0.205 e. The molecule has 1 saturated carbocycles. The van der Waals surface area contributed by atoms with E-state index in [9.17, 15) is 5.26 Å². The molecule has 2 N–H and O–H groups in total. The van der Waals surface area contributed by atoms with Crippen LogP contribution in [-0.2, 0) is 0 Å². The lowest BCUT2D eigenvalue weighted by Crippen LogP contribution is -2.44. The Kier molecular flexibility index (Phi) is 3.54. The fraction of sp³-hybridized carbons (Fsp3) is 0.412. The second-order valence-corrected chi connectivity index (χ2v) is 6.20. The quantitative estimate of drug-likeness (QED) is 0.727. The normalized spacial score (nSPS) is 16.7. The van der Waals surface area contributed by atoms with E-state index in [4.69, 9.17) is 0 Å². The van der Waals surface area contributed by atoms with Gasteiger partial charge in [-0.2, -0.15) is 10.4 Å². The van der Waals surface area contributed by atoms with Gasteiger partial charge in [0.15, 0.2) is 6.04 Å². The van der Waals surface area contributed by atoms with Crippen LogP contribution in [-0.4, -0.2) is 20.1 Å². The minimum Gasteiger partial charge on any atom is -0.346 e. The van der Waals surface area contributed by atoms with Crippen molar-refractivity contribution in [2.75, 3.05) is 0 Å². The largest absolute Gasteiger partial charge is 0.346 e. The first kappa shape index (κ1) is 13.9. The average Bonchev–Trinajstić information content (AvgIpc) is 3.32. The highest BCUT2D eigenvalue weighted by Crippen LogP contribution is 2.33. The van der Waals surface area contributed by atoms with Gasteiger partial charge in [0.25, 0.3) is 0 Å². The zero-order valence-corrected chi connectivity index (χ0v) is 12.9. The molecule has 1 aliphatic rings. The summed E-state index contributed by atoms with van der Waals surface area (Å²) in [7, 11) is 0. The first-order chi connectivity index (χ1) is 11.4. The number of nitriles is 1. The van der Waals surface area contributed by atoms with E-state index in [2.05, 4.69) is 37.0 Å². The molecule has 0 saturated heterocycles. The summed E-state index contributed by atoms with van der Waals surface area (Å²) in [6.07, 6.45) is 13.0. The molecule has 0 spiro atoms. The van der Waals surface area contributed by atoms with Crippen LogP contribution in [0, 0.1) is 17.2 Å². The SMILES string of the molecule is N#CC[C@H](C1CCCC1)[n+]1cc(-c2ncnc3[nH]ccc23)c[nH]1. The van der Waals surface area contributed by atoms with Gasteiger partial charge in [0.1, 0.15) is 12.0 Å². The van der Waals surface area contributed by atoms with E-state index in [1.54, 1.807) is 6.33 Å². The summed E-state index contributed by atoms with van der Waals surface area (Å²) < 4.78 is 2.09. The number of fused-ring (bicyclic) bond motifs is 1. The highest BCUT2D eigenvalue weighted by atomic mass is 15.3. The summed E-state index contributed by atoms with van der Waals surface area (Å²) in [6.45, 7) is 0. The van der Waals surface area contributed by atoms with Crippen molar-refractivity contribution >= 4 is 11.0 Å².